The molecule has 0 aromatic carbocycles. The lowest BCUT2D eigenvalue weighted by Gasteiger charge is -2.22. The van der Waals surface area contributed by atoms with Gasteiger partial charge in [0.2, 0.25) is 5.91 Å². The zero-order valence-electron chi connectivity index (χ0n) is 10.8. The smallest absolute Gasteiger partial charge is 0.248 e. The molecule has 0 saturated carbocycles. The Labute approximate surface area is 112 Å². The molecule has 0 aromatic rings. The zero-order valence-corrected chi connectivity index (χ0v) is 12.4. The Bertz CT molecular complexity index is 237. The van der Waals surface area contributed by atoms with Crippen LogP contribution in [0.15, 0.2) is 0 Å². The van der Waals surface area contributed by atoms with E-state index in [0.29, 0.717) is 0 Å². The monoisotopic (exact) mass is 306 g/mol. The average Bonchev–Trinajstić information content (AvgIpc) is 2.52. The molecule has 1 fully saturated rings. The van der Waals surface area contributed by atoms with Gasteiger partial charge < -0.3 is 14.5 Å². The van der Waals surface area contributed by atoms with Gasteiger partial charge in [-0.25, -0.2) is 0 Å². The van der Waals surface area contributed by atoms with E-state index in [-0.39, 0.29) is 18.6 Å². The fourth-order valence-corrected chi connectivity index (χ4v) is 2.39. The van der Waals surface area contributed by atoms with Crippen molar-refractivity contribution >= 4 is 21.8 Å². The SMILES string of the molecule is CC(C)OCC(=O)N1CCCN(CCBr)CC1. The second-order valence-electron chi connectivity index (χ2n) is 4.62. The van der Waals surface area contributed by atoms with Crippen LogP contribution in [0, 0.1) is 0 Å². The first-order valence-electron chi connectivity index (χ1n) is 6.31. The van der Waals surface area contributed by atoms with E-state index in [1.54, 1.807) is 0 Å². The fourth-order valence-electron chi connectivity index (χ4n) is 1.89. The molecule has 4 nitrogen and oxygen atoms in total. The molecule has 0 radical (unpaired) electrons. The van der Waals surface area contributed by atoms with Crippen molar-refractivity contribution in [3.8, 4) is 0 Å². The van der Waals surface area contributed by atoms with Gasteiger partial charge in [-0.2, -0.15) is 0 Å². The van der Waals surface area contributed by atoms with Crippen molar-refractivity contribution in [2.24, 2.45) is 0 Å². The molecule has 1 heterocycles. The maximum absolute atomic E-state index is 11.9. The van der Waals surface area contributed by atoms with E-state index in [4.69, 9.17) is 4.74 Å². The minimum absolute atomic E-state index is 0.121. The number of nitrogens with zero attached hydrogens (tertiary/aromatic N) is 2. The standard InChI is InChI=1S/C12H23BrN2O2/c1-11(2)17-10-12(16)15-6-3-5-14(7-4-13)8-9-15/h11H,3-10H2,1-2H3. The van der Waals surface area contributed by atoms with E-state index in [9.17, 15) is 4.79 Å². The van der Waals surface area contributed by atoms with Crippen LogP contribution in [0.3, 0.4) is 0 Å². The van der Waals surface area contributed by atoms with Crippen LogP contribution in [0.1, 0.15) is 20.3 Å². The van der Waals surface area contributed by atoms with Gasteiger partial charge in [0, 0.05) is 31.5 Å². The first kappa shape index (κ1) is 14.9. The predicted octanol–water partition coefficient (Wildman–Crippen LogP) is 1.34. The van der Waals surface area contributed by atoms with Gasteiger partial charge in [0.05, 0.1) is 6.10 Å². The Morgan fingerprint density at radius 3 is 2.71 bits per heavy atom. The number of rotatable bonds is 5. The highest BCUT2D eigenvalue weighted by Crippen LogP contribution is 2.04. The second-order valence-corrected chi connectivity index (χ2v) is 5.42. The molecular formula is C12H23BrN2O2. The molecule has 0 N–H and O–H groups in total. The number of hydrogen-bond donors (Lipinski definition) is 0. The van der Waals surface area contributed by atoms with Gasteiger partial charge >= 0.3 is 0 Å². The molecule has 5 heteroatoms. The summed E-state index contributed by atoms with van der Waals surface area (Å²) in [7, 11) is 0. The number of carbonyl (C=O) groups excluding carboxylic acids is 1. The van der Waals surface area contributed by atoms with Crippen LogP contribution < -0.4 is 0 Å². The maximum atomic E-state index is 11.9. The van der Waals surface area contributed by atoms with Crippen LogP contribution in [0.25, 0.3) is 0 Å². The molecule has 1 rings (SSSR count). The van der Waals surface area contributed by atoms with Crippen LogP contribution in [0.5, 0.6) is 0 Å². The third-order valence-corrected chi connectivity index (χ3v) is 3.24. The highest BCUT2D eigenvalue weighted by molar-refractivity contribution is 9.09. The Hall–Kier alpha value is -0.130. The summed E-state index contributed by atoms with van der Waals surface area (Å²) in [5, 5.41) is 0.997. The Morgan fingerprint density at radius 1 is 1.29 bits per heavy atom. The van der Waals surface area contributed by atoms with E-state index in [1.807, 2.05) is 18.7 Å². The minimum atomic E-state index is 0.121. The molecule has 0 bridgehead atoms. The van der Waals surface area contributed by atoms with Gasteiger partial charge in [0.25, 0.3) is 0 Å². The summed E-state index contributed by atoms with van der Waals surface area (Å²) in [5.74, 6) is 0.124. The van der Waals surface area contributed by atoms with Gasteiger partial charge in [0.1, 0.15) is 6.61 Å². The third kappa shape index (κ3) is 5.84. The van der Waals surface area contributed by atoms with Crippen molar-refractivity contribution in [1.82, 2.24) is 9.80 Å². The largest absolute Gasteiger partial charge is 0.369 e. The number of carbonyl (C=O) groups is 1. The van der Waals surface area contributed by atoms with Gasteiger partial charge in [-0.15, -0.1) is 0 Å². The topological polar surface area (TPSA) is 32.8 Å². The number of alkyl halides is 1. The predicted molar refractivity (Wildman–Crippen MR) is 72.5 cm³/mol. The van der Waals surface area contributed by atoms with Crippen LogP contribution in [-0.4, -0.2) is 66.5 Å². The highest BCUT2D eigenvalue weighted by atomic mass is 79.9. The average molecular weight is 307 g/mol. The van der Waals surface area contributed by atoms with Crippen LogP contribution >= 0.6 is 15.9 Å². The Morgan fingerprint density at radius 2 is 2.06 bits per heavy atom. The quantitative estimate of drug-likeness (QED) is 0.719. The van der Waals surface area contributed by atoms with E-state index in [1.165, 1.54) is 0 Å². The van der Waals surface area contributed by atoms with E-state index in [0.717, 1.165) is 44.5 Å². The number of hydrogen-bond acceptors (Lipinski definition) is 3. The van der Waals surface area contributed by atoms with E-state index < -0.39 is 0 Å². The van der Waals surface area contributed by atoms with Crippen molar-refractivity contribution in [2.45, 2.75) is 26.4 Å². The molecule has 1 saturated heterocycles. The van der Waals surface area contributed by atoms with Crippen molar-refractivity contribution < 1.29 is 9.53 Å². The molecule has 0 aliphatic carbocycles. The lowest BCUT2D eigenvalue weighted by molar-refractivity contribution is -0.137. The lowest BCUT2D eigenvalue weighted by atomic mass is 10.4. The summed E-state index contributed by atoms with van der Waals surface area (Å²) in [6.07, 6.45) is 1.18. The number of ether oxygens (including phenoxy) is 1. The molecule has 0 spiro atoms. The van der Waals surface area contributed by atoms with Crippen molar-refractivity contribution in [2.75, 3.05) is 44.7 Å². The first-order valence-corrected chi connectivity index (χ1v) is 7.43. The fraction of sp³-hybridized carbons (Fsp3) is 0.917. The van der Waals surface area contributed by atoms with Crippen LogP contribution in [-0.2, 0) is 9.53 Å². The zero-order chi connectivity index (χ0) is 12.7. The molecule has 1 amide bonds. The summed E-state index contributed by atoms with van der Waals surface area (Å²) < 4.78 is 5.36. The van der Waals surface area contributed by atoms with Crippen molar-refractivity contribution in [3.63, 3.8) is 0 Å². The summed E-state index contributed by atoms with van der Waals surface area (Å²) in [5.41, 5.74) is 0. The van der Waals surface area contributed by atoms with Crippen LogP contribution in [0.4, 0.5) is 0 Å². The summed E-state index contributed by atoms with van der Waals surface area (Å²) >= 11 is 3.45. The van der Waals surface area contributed by atoms with E-state index in [2.05, 4.69) is 20.8 Å². The number of halogens is 1. The molecule has 1 aliphatic rings. The normalized spacial score (nSPS) is 18.5. The van der Waals surface area contributed by atoms with E-state index >= 15 is 0 Å². The van der Waals surface area contributed by atoms with Gasteiger partial charge in [0.15, 0.2) is 0 Å². The number of amides is 1. The first-order chi connectivity index (χ1) is 8.13. The van der Waals surface area contributed by atoms with Crippen molar-refractivity contribution in [1.29, 1.82) is 0 Å². The molecule has 0 unspecified atom stereocenters. The Kier molecular flexibility index (Phi) is 7.08. The molecule has 0 aromatic heterocycles. The van der Waals surface area contributed by atoms with Gasteiger partial charge in [-0.1, -0.05) is 15.9 Å². The lowest BCUT2D eigenvalue weighted by Crippen LogP contribution is -2.38. The van der Waals surface area contributed by atoms with Crippen molar-refractivity contribution in [3.05, 3.63) is 0 Å². The third-order valence-electron chi connectivity index (χ3n) is 2.88. The van der Waals surface area contributed by atoms with Crippen LogP contribution in [0.2, 0.25) is 0 Å². The summed E-state index contributed by atoms with van der Waals surface area (Å²) in [6, 6.07) is 0. The van der Waals surface area contributed by atoms with Gasteiger partial charge in [-0.3, -0.25) is 4.79 Å². The molecule has 100 valence electrons. The molecule has 0 atom stereocenters. The minimum Gasteiger partial charge on any atom is -0.369 e. The highest BCUT2D eigenvalue weighted by Gasteiger charge is 2.18. The molecule has 17 heavy (non-hydrogen) atoms. The Balaban J connectivity index is 2.32. The summed E-state index contributed by atoms with van der Waals surface area (Å²) in [4.78, 5) is 16.2. The summed E-state index contributed by atoms with van der Waals surface area (Å²) in [6.45, 7) is 8.92. The maximum Gasteiger partial charge on any atom is 0.248 e. The van der Waals surface area contributed by atoms with Gasteiger partial charge in [-0.05, 0) is 26.8 Å². The molecule has 1 aliphatic heterocycles. The molecular weight excluding hydrogens is 284 g/mol. The second kappa shape index (κ2) is 8.06.